The van der Waals surface area contributed by atoms with Crippen molar-refractivity contribution in [1.29, 1.82) is 0 Å². The van der Waals surface area contributed by atoms with Gasteiger partial charge < -0.3 is 11.1 Å². The Morgan fingerprint density at radius 2 is 1.95 bits per heavy atom. The van der Waals surface area contributed by atoms with Crippen molar-refractivity contribution in [3.63, 3.8) is 0 Å². The minimum atomic E-state index is -0.341. The third kappa shape index (κ3) is 2.73. The Morgan fingerprint density at radius 3 is 2.71 bits per heavy atom. The van der Waals surface area contributed by atoms with Crippen molar-refractivity contribution in [1.82, 2.24) is 4.98 Å². The molecule has 2 aromatic carbocycles. The topological polar surface area (TPSA) is 50.9 Å². The second kappa shape index (κ2) is 5.61. The van der Waals surface area contributed by atoms with Crippen LogP contribution in [0.4, 0.5) is 21.5 Å². The van der Waals surface area contributed by atoms with E-state index in [4.69, 9.17) is 5.73 Å². The number of benzene rings is 2. The van der Waals surface area contributed by atoms with Crippen molar-refractivity contribution in [2.24, 2.45) is 0 Å². The van der Waals surface area contributed by atoms with Gasteiger partial charge in [-0.2, -0.15) is 0 Å². The molecule has 21 heavy (non-hydrogen) atoms. The zero-order valence-corrected chi connectivity index (χ0v) is 13.9. The number of para-hydroxylation sites is 1. The Morgan fingerprint density at radius 1 is 1.14 bits per heavy atom. The number of hydrogen-bond acceptors (Lipinski definition) is 3. The maximum absolute atomic E-state index is 13.9. The summed E-state index contributed by atoms with van der Waals surface area (Å²) in [4.78, 5) is 4.37. The van der Waals surface area contributed by atoms with Gasteiger partial charge in [0.05, 0.1) is 16.9 Å². The fourth-order valence-electron chi connectivity index (χ4n) is 2.07. The SMILES string of the molecule is Nc1ccc(Nc2c(F)cccc2Br)c2ncc(Br)cc12. The van der Waals surface area contributed by atoms with Gasteiger partial charge in [0, 0.05) is 26.2 Å². The number of rotatable bonds is 2. The molecule has 3 rings (SSSR count). The van der Waals surface area contributed by atoms with Gasteiger partial charge in [-0.15, -0.1) is 0 Å². The Balaban J connectivity index is 2.16. The number of halogens is 3. The fraction of sp³-hybridized carbons (Fsp3) is 0. The Kier molecular flexibility index (Phi) is 3.82. The molecule has 6 heteroatoms. The van der Waals surface area contributed by atoms with Crippen LogP contribution in [0.1, 0.15) is 0 Å². The molecule has 0 aliphatic rings. The van der Waals surface area contributed by atoms with Gasteiger partial charge >= 0.3 is 0 Å². The van der Waals surface area contributed by atoms with E-state index in [0.717, 1.165) is 9.86 Å². The molecule has 0 fully saturated rings. The highest BCUT2D eigenvalue weighted by Gasteiger charge is 2.11. The molecule has 1 heterocycles. The molecule has 0 atom stereocenters. The predicted octanol–water partition coefficient (Wildman–Crippen LogP) is 5.22. The van der Waals surface area contributed by atoms with Crippen LogP contribution in [0.15, 0.2) is 51.5 Å². The second-order valence-corrected chi connectivity index (χ2v) is 6.24. The molecule has 0 bridgehead atoms. The minimum absolute atomic E-state index is 0.341. The van der Waals surface area contributed by atoms with E-state index in [1.165, 1.54) is 6.07 Å². The second-order valence-electron chi connectivity index (χ2n) is 4.47. The monoisotopic (exact) mass is 409 g/mol. The minimum Gasteiger partial charge on any atom is -0.398 e. The van der Waals surface area contributed by atoms with E-state index in [9.17, 15) is 4.39 Å². The summed E-state index contributed by atoms with van der Waals surface area (Å²) in [6, 6.07) is 10.3. The van der Waals surface area contributed by atoms with E-state index >= 15 is 0 Å². The van der Waals surface area contributed by atoms with Gasteiger partial charge in [-0.05, 0) is 62.2 Å². The normalized spacial score (nSPS) is 10.8. The van der Waals surface area contributed by atoms with Crippen molar-refractivity contribution < 1.29 is 4.39 Å². The molecule has 0 spiro atoms. The first kappa shape index (κ1) is 14.3. The van der Waals surface area contributed by atoms with Gasteiger partial charge in [-0.1, -0.05) is 6.07 Å². The van der Waals surface area contributed by atoms with Gasteiger partial charge in [-0.3, -0.25) is 4.98 Å². The molecule has 0 amide bonds. The van der Waals surface area contributed by atoms with Gasteiger partial charge in [0.15, 0.2) is 0 Å². The van der Waals surface area contributed by atoms with Crippen LogP contribution in [0.2, 0.25) is 0 Å². The lowest BCUT2D eigenvalue weighted by atomic mass is 10.1. The van der Waals surface area contributed by atoms with Crippen LogP contribution < -0.4 is 11.1 Å². The Hall–Kier alpha value is -1.66. The lowest BCUT2D eigenvalue weighted by molar-refractivity contribution is 0.631. The average Bonchev–Trinajstić information content (AvgIpc) is 2.45. The smallest absolute Gasteiger partial charge is 0.147 e. The Labute approximate surface area is 137 Å². The largest absolute Gasteiger partial charge is 0.398 e. The van der Waals surface area contributed by atoms with E-state index in [-0.39, 0.29) is 5.82 Å². The predicted molar refractivity (Wildman–Crippen MR) is 91.2 cm³/mol. The van der Waals surface area contributed by atoms with Crippen LogP contribution in [-0.4, -0.2) is 4.98 Å². The van der Waals surface area contributed by atoms with Gasteiger partial charge in [0.1, 0.15) is 5.82 Å². The zero-order chi connectivity index (χ0) is 15.0. The van der Waals surface area contributed by atoms with Crippen LogP contribution in [0, 0.1) is 5.82 Å². The first-order chi connectivity index (χ1) is 10.1. The highest BCUT2D eigenvalue weighted by Crippen LogP contribution is 2.34. The highest BCUT2D eigenvalue weighted by atomic mass is 79.9. The number of nitrogens with zero attached hydrogens (tertiary/aromatic N) is 1. The molecule has 3 nitrogen and oxygen atoms in total. The van der Waals surface area contributed by atoms with E-state index in [1.807, 2.05) is 6.07 Å². The summed E-state index contributed by atoms with van der Waals surface area (Å²) in [6.07, 6.45) is 1.68. The molecule has 0 radical (unpaired) electrons. The molecule has 1 aromatic heterocycles. The third-order valence-corrected chi connectivity index (χ3v) is 4.17. The van der Waals surface area contributed by atoms with Crippen molar-refractivity contribution >= 4 is 59.8 Å². The first-order valence-electron chi connectivity index (χ1n) is 6.11. The van der Waals surface area contributed by atoms with Crippen molar-refractivity contribution in [3.05, 3.63) is 57.4 Å². The summed E-state index contributed by atoms with van der Waals surface area (Å²) in [5.74, 6) is -0.341. The van der Waals surface area contributed by atoms with E-state index < -0.39 is 0 Å². The van der Waals surface area contributed by atoms with Gasteiger partial charge in [-0.25, -0.2) is 4.39 Å². The number of fused-ring (bicyclic) bond motifs is 1. The van der Waals surface area contributed by atoms with Crippen LogP contribution in [-0.2, 0) is 0 Å². The molecule has 0 saturated heterocycles. The van der Waals surface area contributed by atoms with Crippen LogP contribution in [0.25, 0.3) is 10.9 Å². The maximum atomic E-state index is 13.9. The van der Waals surface area contributed by atoms with E-state index in [1.54, 1.807) is 30.5 Å². The molecule has 0 aliphatic carbocycles. The average molecular weight is 411 g/mol. The summed E-state index contributed by atoms with van der Waals surface area (Å²) in [5, 5.41) is 3.88. The summed E-state index contributed by atoms with van der Waals surface area (Å²) < 4.78 is 15.4. The highest BCUT2D eigenvalue weighted by molar-refractivity contribution is 9.10. The summed E-state index contributed by atoms with van der Waals surface area (Å²) in [5.41, 5.74) is 8.35. The number of aromatic nitrogens is 1. The molecular weight excluding hydrogens is 401 g/mol. The Bertz CT molecular complexity index is 816. The van der Waals surface area contributed by atoms with Crippen LogP contribution in [0.5, 0.6) is 0 Å². The summed E-state index contributed by atoms with van der Waals surface area (Å²) >= 11 is 6.71. The first-order valence-corrected chi connectivity index (χ1v) is 7.69. The van der Waals surface area contributed by atoms with Gasteiger partial charge in [0.2, 0.25) is 0 Å². The number of pyridine rings is 1. The number of nitrogens with two attached hydrogens (primary N) is 1. The lowest BCUT2D eigenvalue weighted by Crippen LogP contribution is -1.98. The van der Waals surface area contributed by atoms with E-state index in [0.29, 0.717) is 27.1 Å². The number of nitrogens with one attached hydrogen (secondary N) is 1. The van der Waals surface area contributed by atoms with E-state index in [2.05, 4.69) is 42.2 Å². The van der Waals surface area contributed by atoms with Crippen LogP contribution in [0.3, 0.4) is 0 Å². The van der Waals surface area contributed by atoms with Crippen LogP contribution >= 0.6 is 31.9 Å². The standard InChI is InChI=1S/C15H10Br2FN3/c16-8-6-9-12(19)4-5-13(14(9)20-7-8)21-15-10(17)2-1-3-11(15)18/h1-7,21H,19H2. The van der Waals surface area contributed by atoms with Gasteiger partial charge in [0.25, 0.3) is 0 Å². The molecular formula is C15H10Br2FN3. The molecule has 3 N–H and O–H groups in total. The number of nitrogen functional groups attached to an aromatic ring is 1. The molecule has 0 unspecified atom stereocenters. The lowest BCUT2D eigenvalue weighted by Gasteiger charge is -2.13. The third-order valence-electron chi connectivity index (χ3n) is 3.07. The van der Waals surface area contributed by atoms with Crippen molar-refractivity contribution in [2.45, 2.75) is 0 Å². The zero-order valence-electron chi connectivity index (χ0n) is 10.7. The fourth-order valence-corrected chi connectivity index (χ4v) is 2.84. The summed E-state index contributed by atoms with van der Waals surface area (Å²) in [7, 11) is 0. The number of hydrogen-bond donors (Lipinski definition) is 2. The van der Waals surface area contributed by atoms with Crippen molar-refractivity contribution in [3.8, 4) is 0 Å². The molecule has 0 saturated carbocycles. The van der Waals surface area contributed by atoms with Crippen molar-refractivity contribution in [2.75, 3.05) is 11.1 Å². The number of anilines is 3. The summed E-state index contributed by atoms with van der Waals surface area (Å²) in [6.45, 7) is 0. The molecule has 3 aromatic rings. The quantitative estimate of drug-likeness (QED) is 0.569. The molecule has 106 valence electrons. The maximum Gasteiger partial charge on any atom is 0.147 e. The molecule has 0 aliphatic heterocycles.